The second-order valence-electron chi connectivity index (χ2n) is 8.16. The number of hydrogen-bond donors (Lipinski definition) is 1. The molecular formula is C21H24N2O5. The van der Waals surface area contributed by atoms with E-state index in [1.807, 2.05) is 26.0 Å². The van der Waals surface area contributed by atoms with Gasteiger partial charge in [-0.05, 0) is 68.2 Å². The van der Waals surface area contributed by atoms with Crippen molar-refractivity contribution in [1.29, 1.82) is 0 Å². The summed E-state index contributed by atoms with van der Waals surface area (Å²) in [6, 6.07) is 5.51. The zero-order valence-corrected chi connectivity index (χ0v) is 16.1. The first-order valence-corrected chi connectivity index (χ1v) is 9.73. The maximum atomic E-state index is 12.6. The molecule has 1 saturated heterocycles. The van der Waals surface area contributed by atoms with Gasteiger partial charge in [0, 0.05) is 5.69 Å². The number of imide groups is 1. The minimum absolute atomic E-state index is 0.251. The Hall–Kier alpha value is -2.70. The first-order valence-electron chi connectivity index (χ1n) is 9.73. The van der Waals surface area contributed by atoms with E-state index in [-0.39, 0.29) is 35.5 Å². The Morgan fingerprint density at radius 3 is 2.32 bits per heavy atom. The number of fused-ring (bicyclic) bond motifs is 5. The summed E-state index contributed by atoms with van der Waals surface area (Å²) in [4.78, 5) is 50.3. The Labute approximate surface area is 163 Å². The SMILES string of the molecule is Cc1ccc(NC(=O)COC(=O)CN2C(=O)[C@H]3[C@H]4CC[C@@H](C4)[C@@H]3C2=O)cc1C. The molecule has 4 rings (SSSR count). The van der Waals surface area contributed by atoms with Gasteiger partial charge in [-0.2, -0.15) is 0 Å². The fourth-order valence-corrected chi connectivity index (χ4v) is 4.96. The molecule has 28 heavy (non-hydrogen) atoms. The molecule has 148 valence electrons. The third-order valence-corrected chi connectivity index (χ3v) is 6.46. The van der Waals surface area contributed by atoms with E-state index < -0.39 is 25.0 Å². The number of aryl methyl sites for hydroxylation is 2. The van der Waals surface area contributed by atoms with Gasteiger partial charge in [-0.1, -0.05) is 6.07 Å². The number of carbonyl (C=O) groups is 4. The zero-order chi connectivity index (χ0) is 20.0. The van der Waals surface area contributed by atoms with Gasteiger partial charge in [0.15, 0.2) is 6.61 Å². The summed E-state index contributed by atoms with van der Waals surface area (Å²) in [7, 11) is 0. The Morgan fingerprint density at radius 2 is 1.71 bits per heavy atom. The largest absolute Gasteiger partial charge is 0.454 e. The van der Waals surface area contributed by atoms with Crippen molar-refractivity contribution >= 4 is 29.4 Å². The quantitative estimate of drug-likeness (QED) is 0.617. The number of nitrogens with one attached hydrogen (secondary N) is 1. The number of hydrogen-bond acceptors (Lipinski definition) is 5. The highest BCUT2D eigenvalue weighted by atomic mass is 16.5. The molecule has 3 fully saturated rings. The number of nitrogens with zero attached hydrogens (tertiary/aromatic N) is 1. The number of rotatable bonds is 5. The molecule has 1 N–H and O–H groups in total. The molecule has 4 atom stereocenters. The predicted molar refractivity (Wildman–Crippen MR) is 100 cm³/mol. The Bertz CT molecular complexity index is 836. The number of benzene rings is 1. The molecule has 7 heteroatoms. The fraction of sp³-hybridized carbons (Fsp3) is 0.524. The molecular weight excluding hydrogens is 360 g/mol. The summed E-state index contributed by atoms with van der Waals surface area (Å²) in [5.41, 5.74) is 2.78. The number of amides is 3. The van der Waals surface area contributed by atoms with Gasteiger partial charge < -0.3 is 10.1 Å². The highest BCUT2D eigenvalue weighted by Crippen LogP contribution is 2.56. The van der Waals surface area contributed by atoms with E-state index in [1.54, 1.807) is 6.07 Å². The van der Waals surface area contributed by atoms with Crippen LogP contribution in [0.15, 0.2) is 18.2 Å². The molecule has 3 aliphatic rings. The van der Waals surface area contributed by atoms with Crippen LogP contribution in [0, 0.1) is 37.5 Å². The van der Waals surface area contributed by atoms with Crippen LogP contribution < -0.4 is 5.32 Å². The van der Waals surface area contributed by atoms with Gasteiger partial charge in [0.2, 0.25) is 11.8 Å². The molecule has 1 aliphatic heterocycles. The summed E-state index contributed by atoms with van der Waals surface area (Å²) >= 11 is 0. The lowest BCUT2D eigenvalue weighted by atomic mass is 9.81. The van der Waals surface area contributed by atoms with E-state index in [9.17, 15) is 19.2 Å². The van der Waals surface area contributed by atoms with E-state index in [0.29, 0.717) is 5.69 Å². The number of carbonyl (C=O) groups excluding carboxylic acids is 4. The van der Waals surface area contributed by atoms with Crippen LogP contribution in [0.5, 0.6) is 0 Å². The molecule has 2 bridgehead atoms. The van der Waals surface area contributed by atoms with Crippen molar-refractivity contribution in [1.82, 2.24) is 4.90 Å². The maximum Gasteiger partial charge on any atom is 0.326 e. The molecule has 0 unspecified atom stereocenters. The molecule has 0 radical (unpaired) electrons. The van der Waals surface area contributed by atoms with Crippen molar-refractivity contribution < 1.29 is 23.9 Å². The van der Waals surface area contributed by atoms with Crippen molar-refractivity contribution in [2.45, 2.75) is 33.1 Å². The number of esters is 1. The average Bonchev–Trinajstić information content (AvgIpc) is 3.33. The third-order valence-electron chi connectivity index (χ3n) is 6.46. The summed E-state index contributed by atoms with van der Waals surface area (Å²) in [6.45, 7) is 3.04. The lowest BCUT2D eigenvalue weighted by molar-refractivity contribution is -0.154. The molecule has 2 saturated carbocycles. The first kappa shape index (κ1) is 18.7. The molecule has 0 spiro atoms. The fourth-order valence-electron chi connectivity index (χ4n) is 4.96. The van der Waals surface area contributed by atoms with E-state index in [1.165, 1.54) is 0 Å². The third kappa shape index (κ3) is 3.19. The lowest BCUT2D eigenvalue weighted by Crippen LogP contribution is -2.38. The topological polar surface area (TPSA) is 92.8 Å². The molecule has 3 amide bonds. The lowest BCUT2D eigenvalue weighted by Gasteiger charge is -2.19. The predicted octanol–water partition coefficient (Wildman–Crippen LogP) is 1.82. The summed E-state index contributed by atoms with van der Waals surface area (Å²) in [5.74, 6) is -1.68. The Morgan fingerprint density at radius 1 is 1.07 bits per heavy atom. The second kappa shape index (κ2) is 7.04. The van der Waals surface area contributed by atoms with Gasteiger partial charge in [-0.25, -0.2) is 0 Å². The van der Waals surface area contributed by atoms with E-state index in [4.69, 9.17) is 4.74 Å². The molecule has 1 aromatic carbocycles. The average molecular weight is 384 g/mol. The minimum atomic E-state index is -0.746. The smallest absolute Gasteiger partial charge is 0.326 e. The van der Waals surface area contributed by atoms with E-state index >= 15 is 0 Å². The van der Waals surface area contributed by atoms with Crippen LogP contribution in [-0.4, -0.2) is 41.7 Å². The number of likely N-dealkylation sites (tertiary alicyclic amines) is 1. The summed E-state index contributed by atoms with van der Waals surface area (Å²) < 4.78 is 4.98. The Kier molecular flexibility index (Phi) is 4.69. The molecule has 1 heterocycles. The summed E-state index contributed by atoms with van der Waals surface area (Å²) in [6.07, 6.45) is 2.92. The van der Waals surface area contributed by atoms with Crippen molar-refractivity contribution in [2.75, 3.05) is 18.5 Å². The van der Waals surface area contributed by atoms with Gasteiger partial charge in [0.1, 0.15) is 6.54 Å². The van der Waals surface area contributed by atoms with Crippen molar-refractivity contribution in [2.24, 2.45) is 23.7 Å². The number of anilines is 1. The van der Waals surface area contributed by atoms with Crippen LogP contribution in [0.4, 0.5) is 5.69 Å². The van der Waals surface area contributed by atoms with Crippen LogP contribution in [-0.2, 0) is 23.9 Å². The van der Waals surface area contributed by atoms with Gasteiger partial charge in [0.25, 0.3) is 5.91 Å². The highest BCUT2D eigenvalue weighted by molar-refractivity contribution is 6.07. The van der Waals surface area contributed by atoms with Crippen molar-refractivity contribution in [3.05, 3.63) is 29.3 Å². The molecule has 1 aromatic rings. The normalized spacial score (nSPS) is 27.9. The highest BCUT2D eigenvalue weighted by Gasteiger charge is 2.61. The van der Waals surface area contributed by atoms with Gasteiger partial charge in [-0.3, -0.25) is 24.1 Å². The van der Waals surface area contributed by atoms with Gasteiger partial charge >= 0.3 is 5.97 Å². The van der Waals surface area contributed by atoms with Crippen molar-refractivity contribution in [3.8, 4) is 0 Å². The van der Waals surface area contributed by atoms with Crippen LogP contribution in [0.3, 0.4) is 0 Å². The maximum absolute atomic E-state index is 12.6. The zero-order valence-electron chi connectivity index (χ0n) is 16.1. The van der Waals surface area contributed by atoms with Gasteiger partial charge in [0.05, 0.1) is 11.8 Å². The number of ether oxygens (including phenoxy) is 1. The van der Waals surface area contributed by atoms with E-state index in [2.05, 4.69) is 5.32 Å². The van der Waals surface area contributed by atoms with E-state index in [0.717, 1.165) is 35.3 Å². The van der Waals surface area contributed by atoms with Crippen molar-refractivity contribution in [3.63, 3.8) is 0 Å². The second-order valence-corrected chi connectivity index (χ2v) is 8.16. The monoisotopic (exact) mass is 384 g/mol. The van der Waals surface area contributed by atoms with Crippen LogP contribution in [0.25, 0.3) is 0 Å². The summed E-state index contributed by atoms with van der Waals surface area (Å²) in [5, 5.41) is 2.67. The minimum Gasteiger partial charge on any atom is -0.454 e. The van der Waals surface area contributed by atoms with Crippen LogP contribution in [0.2, 0.25) is 0 Å². The Balaban J connectivity index is 1.29. The standard InChI is InChI=1S/C21H24N2O5/c1-11-3-6-15(7-12(11)2)22-16(24)10-28-17(25)9-23-20(26)18-13-4-5-14(8-13)19(18)21(23)27/h3,6-7,13-14,18-19H,4-5,8-10H2,1-2H3,(H,22,24)/t13-,14-,18-,19-/m0/s1. The molecule has 0 aromatic heterocycles. The molecule has 2 aliphatic carbocycles. The van der Waals surface area contributed by atoms with Crippen LogP contribution >= 0.6 is 0 Å². The van der Waals surface area contributed by atoms with Gasteiger partial charge in [-0.15, -0.1) is 0 Å². The molecule has 7 nitrogen and oxygen atoms in total. The first-order chi connectivity index (χ1) is 13.3. The van der Waals surface area contributed by atoms with Crippen LogP contribution in [0.1, 0.15) is 30.4 Å².